The summed E-state index contributed by atoms with van der Waals surface area (Å²) in [6.07, 6.45) is 0. The molecule has 4 nitrogen and oxygen atoms in total. The first-order chi connectivity index (χ1) is 6.29. The first kappa shape index (κ1) is 8.19. The summed E-state index contributed by atoms with van der Waals surface area (Å²) in [5.74, 6) is 0.754. The highest BCUT2D eigenvalue weighted by atomic mass is 16.5. The number of ether oxygens (including phenoxy) is 1. The summed E-state index contributed by atoms with van der Waals surface area (Å²) in [4.78, 5) is 0. The fourth-order valence-corrected chi connectivity index (χ4v) is 1.33. The van der Waals surface area contributed by atoms with Crippen LogP contribution >= 0.6 is 0 Å². The molecule has 0 amide bonds. The average Bonchev–Trinajstić information content (AvgIpc) is 2.17. The van der Waals surface area contributed by atoms with Gasteiger partial charge in [-0.2, -0.15) is 0 Å². The van der Waals surface area contributed by atoms with Gasteiger partial charge in [0.1, 0.15) is 12.4 Å². The number of benzene rings is 1. The van der Waals surface area contributed by atoms with Crippen LogP contribution in [0.15, 0.2) is 18.2 Å². The quantitative estimate of drug-likeness (QED) is 0.548. The molecule has 4 heteroatoms. The van der Waals surface area contributed by atoms with E-state index in [9.17, 15) is 0 Å². The van der Waals surface area contributed by atoms with Crippen LogP contribution in [0.2, 0.25) is 0 Å². The molecular formula is C9H12N2O2. The molecule has 2 rings (SSSR count). The molecule has 1 aromatic rings. The van der Waals surface area contributed by atoms with E-state index in [4.69, 9.17) is 15.6 Å². The van der Waals surface area contributed by atoms with Gasteiger partial charge in [0.05, 0.1) is 18.3 Å². The van der Waals surface area contributed by atoms with Crippen molar-refractivity contribution in [1.29, 1.82) is 0 Å². The Morgan fingerprint density at radius 3 is 3.23 bits per heavy atom. The van der Waals surface area contributed by atoms with Crippen LogP contribution < -0.4 is 15.8 Å². The monoisotopic (exact) mass is 180 g/mol. The Bertz CT molecular complexity index is 314. The van der Waals surface area contributed by atoms with E-state index in [0.717, 1.165) is 11.4 Å². The maximum absolute atomic E-state index is 8.90. The van der Waals surface area contributed by atoms with E-state index in [1.165, 1.54) is 0 Å². The Kier molecular flexibility index (Phi) is 1.98. The average molecular weight is 180 g/mol. The van der Waals surface area contributed by atoms with Gasteiger partial charge in [0.25, 0.3) is 0 Å². The number of aliphatic hydroxyl groups is 1. The largest absolute Gasteiger partial charge is 0.489 e. The van der Waals surface area contributed by atoms with Crippen LogP contribution in [-0.4, -0.2) is 24.4 Å². The standard InChI is InChI=1S/C9H12N2O2/c10-6-1-2-8-9(3-6)13-5-7(4-12)11-8/h1-3,7,11-12H,4-5,10H2. The number of nitrogens with two attached hydrogens (primary N) is 1. The molecule has 0 bridgehead atoms. The minimum Gasteiger partial charge on any atom is -0.489 e. The zero-order valence-electron chi connectivity index (χ0n) is 7.16. The lowest BCUT2D eigenvalue weighted by Crippen LogP contribution is -2.34. The highest BCUT2D eigenvalue weighted by Crippen LogP contribution is 2.30. The minimum absolute atomic E-state index is 0.0175. The lowest BCUT2D eigenvalue weighted by Gasteiger charge is -2.26. The molecule has 0 saturated heterocycles. The molecule has 0 spiro atoms. The Labute approximate surface area is 76.3 Å². The second kappa shape index (κ2) is 3.14. The van der Waals surface area contributed by atoms with Crippen molar-refractivity contribution in [3.8, 4) is 5.75 Å². The van der Waals surface area contributed by atoms with Crippen LogP contribution in [0.5, 0.6) is 5.75 Å². The Morgan fingerprint density at radius 1 is 1.62 bits per heavy atom. The molecule has 0 saturated carbocycles. The predicted molar refractivity (Wildman–Crippen MR) is 50.8 cm³/mol. The van der Waals surface area contributed by atoms with Crippen molar-refractivity contribution in [2.75, 3.05) is 24.3 Å². The smallest absolute Gasteiger partial charge is 0.144 e. The summed E-state index contributed by atoms with van der Waals surface area (Å²) in [5.41, 5.74) is 7.16. The van der Waals surface area contributed by atoms with Crippen LogP contribution in [-0.2, 0) is 0 Å². The molecule has 1 aliphatic heterocycles. The summed E-state index contributed by atoms with van der Waals surface area (Å²) < 4.78 is 5.41. The number of nitrogens with one attached hydrogen (secondary N) is 1. The number of rotatable bonds is 1. The maximum atomic E-state index is 8.90. The molecule has 4 N–H and O–H groups in total. The molecule has 1 heterocycles. The molecule has 70 valence electrons. The van der Waals surface area contributed by atoms with Crippen molar-refractivity contribution in [2.24, 2.45) is 0 Å². The molecule has 0 radical (unpaired) electrons. The van der Waals surface area contributed by atoms with E-state index in [0.29, 0.717) is 12.3 Å². The van der Waals surface area contributed by atoms with Gasteiger partial charge in [-0.25, -0.2) is 0 Å². The van der Waals surface area contributed by atoms with Gasteiger partial charge in [0, 0.05) is 11.8 Å². The van der Waals surface area contributed by atoms with Gasteiger partial charge in [0.2, 0.25) is 0 Å². The highest BCUT2D eigenvalue weighted by Gasteiger charge is 2.17. The Hall–Kier alpha value is -1.42. The third-order valence-electron chi connectivity index (χ3n) is 2.03. The summed E-state index contributed by atoms with van der Waals surface area (Å²) in [5, 5.41) is 12.0. The molecule has 1 unspecified atom stereocenters. The fraction of sp³-hybridized carbons (Fsp3) is 0.333. The number of fused-ring (bicyclic) bond motifs is 1. The third kappa shape index (κ3) is 1.53. The normalized spacial score (nSPS) is 19.9. The van der Waals surface area contributed by atoms with E-state index < -0.39 is 0 Å². The first-order valence-electron chi connectivity index (χ1n) is 4.19. The van der Waals surface area contributed by atoms with Crippen LogP contribution in [0.4, 0.5) is 11.4 Å². The first-order valence-corrected chi connectivity index (χ1v) is 4.19. The van der Waals surface area contributed by atoms with Gasteiger partial charge in [-0.05, 0) is 12.1 Å². The van der Waals surface area contributed by atoms with Gasteiger partial charge in [-0.3, -0.25) is 0 Å². The van der Waals surface area contributed by atoms with E-state index in [-0.39, 0.29) is 12.6 Å². The van der Waals surface area contributed by atoms with Crippen LogP contribution in [0, 0.1) is 0 Å². The molecule has 0 fully saturated rings. The van der Waals surface area contributed by atoms with Gasteiger partial charge < -0.3 is 20.9 Å². The van der Waals surface area contributed by atoms with Gasteiger partial charge >= 0.3 is 0 Å². The van der Waals surface area contributed by atoms with E-state index in [1.54, 1.807) is 12.1 Å². The summed E-state index contributed by atoms with van der Waals surface area (Å²) >= 11 is 0. The zero-order chi connectivity index (χ0) is 9.26. The summed E-state index contributed by atoms with van der Waals surface area (Å²) in [6.45, 7) is 0.552. The Morgan fingerprint density at radius 2 is 2.46 bits per heavy atom. The van der Waals surface area contributed by atoms with Gasteiger partial charge in [-0.15, -0.1) is 0 Å². The highest BCUT2D eigenvalue weighted by molar-refractivity contribution is 5.63. The lowest BCUT2D eigenvalue weighted by molar-refractivity contribution is 0.207. The topological polar surface area (TPSA) is 67.5 Å². The molecular weight excluding hydrogens is 168 g/mol. The predicted octanol–water partition coefficient (Wildman–Crippen LogP) is 0.434. The van der Waals surface area contributed by atoms with Crippen LogP contribution in [0.3, 0.4) is 0 Å². The number of aliphatic hydroxyl groups excluding tert-OH is 1. The SMILES string of the molecule is Nc1ccc2c(c1)OCC(CO)N2. The zero-order valence-corrected chi connectivity index (χ0v) is 7.16. The number of hydrogen-bond acceptors (Lipinski definition) is 4. The van der Waals surface area contributed by atoms with Crippen molar-refractivity contribution in [3.05, 3.63) is 18.2 Å². The minimum atomic E-state index is -0.0175. The summed E-state index contributed by atoms with van der Waals surface area (Å²) in [7, 11) is 0. The van der Waals surface area contributed by atoms with Gasteiger partial charge in [0.15, 0.2) is 0 Å². The number of hydrogen-bond donors (Lipinski definition) is 3. The molecule has 1 aliphatic rings. The third-order valence-corrected chi connectivity index (χ3v) is 2.03. The van der Waals surface area contributed by atoms with E-state index in [1.807, 2.05) is 6.07 Å². The van der Waals surface area contributed by atoms with Crippen LogP contribution in [0.25, 0.3) is 0 Å². The molecule has 0 aromatic heterocycles. The van der Waals surface area contributed by atoms with Crippen molar-refractivity contribution in [2.45, 2.75) is 6.04 Å². The number of nitrogen functional groups attached to an aromatic ring is 1. The van der Waals surface area contributed by atoms with Gasteiger partial charge in [-0.1, -0.05) is 0 Å². The second-order valence-electron chi connectivity index (χ2n) is 3.09. The molecule has 13 heavy (non-hydrogen) atoms. The Balaban J connectivity index is 2.26. The maximum Gasteiger partial charge on any atom is 0.144 e. The van der Waals surface area contributed by atoms with Crippen molar-refractivity contribution in [3.63, 3.8) is 0 Å². The van der Waals surface area contributed by atoms with Crippen molar-refractivity contribution >= 4 is 11.4 Å². The molecule has 1 aromatic carbocycles. The van der Waals surface area contributed by atoms with E-state index in [2.05, 4.69) is 5.32 Å². The molecule has 1 atom stereocenters. The van der Waals surface area contributed by atoms with Crippen LogP contribution in [0.1, 0.15) is 0 Å². The van der Waals surface area contributed by atoms with E-state index >= 15 is 0 Å². The van der Waals surface area contributed by atoms with Crippen molar-refractivity contribution < 1.29 is 9.84 Å². The summed E-state index contributed by atoms with van der Waals surface area (Å²) in [6, 6.07) is 5.41. The molecule has 0 aliphatic carbocycles. The second-order valence-corrected chi connectivity index (χ2v) is 3.09. The van der Waals surface area contributed by atoms with Crippen molar-refractivity contribution in [1.82, 2.24) is 0 Å². The number of anilines is 2. The fourth-order valence-electron chi connectivity index (χ4n) is 1.33. The lowest BCUT2D eigenvalue weighted by atomic mass is 10.2.